The number of fused-ring (bicyclic) bond motifs is 1. The molecular weight excluding hydrogens is 354 g/mol. The van der Waals surface area contributed by atoms with E-state index < -0.39 is 6.16 Å². The number of benzene rings is 1. The van der Waals surface area contributed by atoms with Crippen LogP contribution in [0.15, 0.2) is 18.2 Å². The van der Waals surface area contributed by atoms with Gasteiger partial charge in [0.15, 0.2) is 0 Å². The second kappa shape index (κ2) is 8.32. The van der Waals surface area contributed by atoms with Crippen LogP contribution in [-0.4, -0.2) is 31.6 Å². The maximum absolute atomic E-state index is 11.7. The zero-order valence-corrected chi connectivity index (χ0v) is 17.2. The van der Waals surface area contributed by atoms with Crippen LogP contribution in [-0.2, 0) is 21.3 Å². The lowest BCUT2D eigenvalue weighted by Gasteiger charge is -2.56. The molecule has 2 bridgehead atoms. The molecule has 0 radical (unpaired) electrons. The molecule has 5 heteroatoms. The van der Waals surface area contributed by atoms with E-state index in [9.17, 15) is 4.79 Å². The fourth-order valence-corrected chi connectivity index (χ4v) is 5.80. The smallest absolute Gasteiger partial charge is 0.457 e. The van der Waals surface area contributed by atoms with Crippen molar-refractivity contribution in [2.24, 2.45) is 5.92 Å². The number of nitrogens with one attached hydrogen (secondary N) is 1. The van der Waals surface area contributed by atoms with Crippen molar-refractivity contribution in [3.8, 4) is 5.75 Å². The van der Waals surface area contributed by atoms with Crippen LogP contribution in [0.3, 0.4) is 0 Å². The Bertz CT molecular complexity index is 702. The molecule has 3 aliphatic rings. The largest absolute Gasteiger partial charge is 0.511 e. The highest BCUT2D eigenvalue weighted by Crippen LogP contribution is 2.54. The molecule has 1 unspecified atom stereocenters. The van der Waals surface area contributed by atoms with Crippen LogP contribution >= 0.6 is 0 Å². The standard InChI is InChI=1S/C23H33NO4/c1-3-6-16(2)28-22(25)27-15-26-18-9-8-17-13-21-19-7-4-5-10-23(19,11-12-24-21)20(17)14-18/h8-9,14,16,19,21,24H,3-7,10-13,15H2,1-2H3/t16?,19-,21+,23+/m1/s1. The van der Waals surface area contributed by atoms with Gasteiger partial charge in [0, 0.05) is 11.5 Å². The number of hydrogen-bond acceptors (Lipinski definition) is 5. The summed E-state index contributed by atoms with van der Waals surface area (Å²) in [6.45, 7) is 4.93. The third kappa shape index (κ3) is 3.73. The summed E-state index contributed by atoms with van der Waals surface area (Å²) in [5, 5.41) is 3.77. The number of piperidine rings is 1. The lowest BCUT2D eigenvalue weighted by molar-refractivity contribution is -0.0132. The predicted molar refractivity (Wildman–Crippen MR) is 108 cm³/mol. The van der Waals surface area contributed by atoms with Crippen LogP contribution in [0, 0.1) is 5.92 Å². The van der Waals surface area contributed by atoms with Crippen LogP contribution in [0.5, 0.6) is 5.75 Å². The summed E-state index contributed by atoms with van der Waals surface area (Å²) in [5.74, 6) is 1.52. The number of carbonyl (C=O) groups is 1. The molecule has 1 saturated heterocycles. The molecule has 2 fully saturated rings. The first kappa shape index (κ1) is 19.6. The topological polar surface area (TPSA) is 56.8 Å². The molecule has 4 rings (SSSR count). The van der Waals surface area contributed by atoms with Gasteiger partial charge in [0.05, 0.1) is 0 Å². The normalized spacial score (nSPS) is 29.2. The number of carbonyl (C=O) groups excluding carboxylic acids is 1. The monoisotopic (exact) mass is 387 g/mol. The van der Waals surface area contributed by atoms with E-state index in [-0.39, 0.29) is 12.9 Å². The number of hydrogen-bond donors (Lipinski definition) is 1. The maximum atomic E-state index is 11.7. The van der Waals surface area contributed by atoms with Gasteiger partial charge in [0.25, 0.3) is 0 Å². The van der Waals surface area contributed by atoms with E-state index in [0.717, 1.165) is 37.5 Å². The summed E-state index contributed by atoms with van der Waals surface area (Å²) in [5.41, 5.74) is 3.24. The molecule has 4 atom stereocenters. The summed E-state index contributed by atoms with van der Waals surface area (Å²) in [6.07, 6.45) is 8.61. The SMILES string of the molecule is CCCC(C)OC(=O)OCOc1ccc2c(c1)[C@]13CCCC[C@@H]1[C@H](C2)NCC3. The molecule has 154 valence electrons. The van der Waals surface area contributed by atoms with Gasteiger partial charge in [-0.15, -0.1) is 0 Å². The minimum atomic E-state index is -0.661. The Morgan fingerprint density at radius 3 is 3.07 bits per heavy atom. The molecule has 2 aliphatic carbocycles. The third-order valence-corrected chi connectivity index (χ3v) is 7.01. The van der Waals surface area contributed by atoms with Gasteiger partial charge < -0.3 is 19.5 Å². The Morgan fingerprint density at radius 1 is 1.32 bits per heavy atom. The van der Waals surface area contributed by atoms with E-state index in [1.54, 1.807) is 0 Å². The summed E-state index contributed by atoms with van der Waals surface area (Å²) in [4.78, 5) is 11.7. The fourth-order valence-electron chi connectivity index (χ4n) is 5.80. The van der Waals surface area contributed by atoms with E-state index in [1.165, 1.54) is 43.2 Å². The van der Waals surface area contributed by atoms with Gasteiger partial charge in [-0.3, -0.25) is 0 Å². The van der Waals surface area contributed by atoms with E-state index >= 15 is 0 Å². The van der Waals surface area contributed by atoms with E-state index in [4.69, 9.17) is 14.2 Å². The van der Waals surface area contributed by atoms with Crippen LogP contribution in [0.1, 0.15) is 69.9 Å². The molecule has 1 aromatic carbocycles. The van der Waals surface area contributed by atoms with E-state index in [1.807, 2.05) is 13.0 Å². The first-order valence-corrected chi connectivity index (χ1v) is 11.0. The highest BCUT2D eigenvalue weighted by atomic mass is 16.8. The molecule has 1 N–H and O–H groups in total. The van der Waals surface area contributed by atoms with Gasteiger partial charge in [-0.1, -0.05) is 32.3 Å². The zero-order valence-electron chi connectivity index (χ0n) is 17.2. The molecule has 28 heavy (non-hydrogen) atoms. The van der Waals surface area contributed by atoms with Crippen LogP contribution < -0.4 is 10.1 Å². The summed E-state index contributed by atoms with van der Waals surface area (Å²) < 4.78 is 16.1. The fraction of sp³-hybridized carbons (Fsp3) is 0.696. The average Bonchev–Trinajstić information content (AvgIpc) is 2.68. The van der Waals surface area contributed by atoms with Gasteiger partial charge in [-0.25, -0.2) is 4.79 Å². The summed E-state index contributed by atoms with van der Waals surface area (Å²) in [7, 11) is 0. The minimum absolute atomic E-state index is 0.114. The van der Waals surface area contributed by atoms with Crippen LogP contribution in [0.4, 0.5) is 4.79 Å². The summed E-state index contributed by atoms with van der Waals surface area (Å²) >= 11 is 0. The Hall–Kier alpha value is -1.75. The molecule has 1 saturated carbocycles. The molecule has 0 amide bonds. The Morgan fingerprint density at radius 2 is 2.21 bits per heavy atom. The van der Waals surface area contributed by atoms with E-state index in [0.29, 0.717) is 11.5 Å². The minimum Gasteiger partial charge on any atom is -0.457 e. The van der Waals surface area contributed by atoms with Crippen LogP contribution in [0.25, 0.3) is 0 Å². The Kier molecular flexibility index (Phi) is 5.81. The van der Waals surface area contributed by atoms with Crippen molar-refractivity contribution in [3.63, 3.8) is 0 Å². The zero-order chi connectivity index (χ0) is 19.6. The highest BCUT2D eigenvalue weighted by Gasteiger charge is 2.51. The van der Waals surface area contributed by atoms with Crippen LogP contribution in [0.2, 0.25) is 0 Å². The van der Waals surface area contributed by atoms with E-state index in [2.05, 4.69) is 24.4 Å². The second-order valence-electron chi connectivity index (χ2n) is 8.72. The van der Waals surface area contributed by atoms with Gasteiger partial charge >= 0.3 is 6.16 Å². The molecule has 0 aromatic heterocycles. The molecule has 5 nitrogen and oxygen atoms in total. The molecule has 1 aromatic rings. The number of ether oxygens (including phenoxy) is 3. The quantitative estimate of drug-likeness (QED) is 0.566. The highest BCUT2D eigenvalue weighted by molar-refractivity contribution is 5.60. The molecular formula is C23H33NO4. The van der Waals surface area contributed by atoms with Crippen molar-refractivity contribution in [2.75, 3.05) is 13.3 Å². The van der Waals surface area contributed by atoms with Crippen molar-refractivity contribution < 1.29 is 19.0 Å². The molecule has 1 aliphatic heterocycles. The van der Waals surface area contributed by atoms with Gasteiger partial charge in [-0.05, 0) is 74.8 Å². The Labute approximate surface area is 168 Å². The lowest BCUT2D eigenvalue weighted by Crippen LogP contribution is -2.59. The van der Waals surface area contributed by atoms with Crippen molar-refractivity contribution in [3.05, 3.63) is 29.3 Å². The first-order chi connectivity index (χ1) is 13.6. The van der Waals surface area contributed by atoms with Gasteiger partial charge in [0.2, 0.25) is 6.79 Å². The van der Waals surface area contributed by atoms with Gasteiger partial charge in [-0.2, -0.15) is 0 Å². The van der Waals surface area contributed by atoms with Gasteiger partial charge in [0.1, 0.15) is 11.9 Å². The third-order valence-electron chi connectivity index (χ3n) is 7.01. The van der Waals surface area contributed by atoms with Crippen molar-refractivity contribution in [2.45, 2.75) is 82.8 Å². The molecule has 0 spiro atoms. The lowest BCUT2D eigenvalue weighted by atomic mass is 9.53. The van der Waals surface area contributed by atoms with Crippen molar-refractivity contribution >= 4 is 6.16 Å². The van der Waals surface area contributed by atoms with Crippen molar-refractivity contribution in [1.82, 2.24) is 5.32 Å². The molecule has 1 heterocycles. The first-order valence-electron chi connectivity index (χ1n) is 11.0. The predicted octanol–water partition coefficient (Wildman–Crippen LogP) is 4.71. The summed E-state index contributed by atoms with van der Waals surface area (Å²) in [6, 6.07) is 7.04. The Balaban J connectivity index is 1.42. The maximum Gasteiger partial charge on any atom is 0.511 e. The average molecular weight is 388 g/mol. The van der Waals surface area contributed by atoms with Crippen molar-refractivity contribution in [1.29, 1.82) is 0 Å². The number of rotatable bonds is 6. The second-order valence-corrected chi connectivity index (χ2v) is 8.72.